The van der Waals surface area contributed by atoms with Crippen molar-refractivity contribution in [3.63, 3.8) is 0 Å². The molecule has 0 amide bonds. The Kier molecular flexibility index (Phi) is 3.47. The number of hydrogen-bond donors (Lipinski definition) is 1. The molecule has 1 aromatic rings. The molecule has 0 aromatic carbocycles. The molecule has 5 nitrogen and oxygen atoms in total. The molecule has 2 rings (SSSR count). The van der Waals surface area contributed by atoms with Gasteiger partial charge in [-0.05, 0) is 25.2 Å². The summed E-state index contributed by atoms with van der Waals surface area (Å²) in [4.78, 5) is 12.2. The van der Waals surface area contributed by atoms with Crippen molar-refractivity contribution in [1.82, 2.24) is 9.78 Å². The highest BCUT2D eigenvalue weighted by atomic mass is 16.5. The van der Waals surface area contributed by atoms with Crippen LogP contribution in [0.1, 0.15) is 36.7 Å². The first-order chi connectivity index (χ1) is 8.19. The smallest absolute Gasteiger partial charge is 0.213 e. The average molecular weight is 238 g/mol. The van der Waals surface area contributed by atoms with Crippen LogP contribution >= 0.6 is 0 Å². The van der Waals surface area contributed by atoms with Crippen LogP contribution in [-0.2, 0) is 6.54 Å². The molecule has 0 saturated heterocycles. The zero-order chi connectivity index (χ0) is 12.4. The molecule has 1 atom stereocenters. The van der Waals surface area contributed by atoms with E-state index in [4.69, 9.17) is 4.74 Å². The highest BCUT2D eigenvalue weighted by Gasteiger charge is 2.37. The Morgan fingerprint density at radius 3 is 2.94 bits per heavy atom. The second-order valence-corrected chi connectivity index (χ2v) is 4.43. The molecule has 0 bridgehead atoms. The summed E-state index contributed by atoms with van der Waals surface area (Å²) in [7, 11) is 1.51. The van der Waals surface area contributed by atoms with Crippen LogP contribution in [0.3, 0.4) is 0 Å². The summed E-state index contributed by atoms with van der Waals surface area (Å²) >= 11 is 0. The summed E-state index contributed by atoms with van der Waals surface area (Å²) in [5.41, 5.74) is 0.397. The standard InChI is InChI=1S/C12H18N2O3/c1-3-6-14-10(9(17-2)7-13-14)12(16)11(15)8-4-5-8/h7-8,11,15H,3-6H2,1-2H3. The fraction of sp³-hybridized carbons (Fsp3) is 0.667. The van der Waals surface area contributed by atoms with Crippen molar-refractivity contribution in [3.05, 3.63) is 11.9 Å². The average Bonchev–Trinajstić information content (AvgIpc) is 3.10. The van der Waals surface area contributed by atoms with Gasteiger partial charge in [0.25, 0.3) is 0 Å². The third kappa shape index (κ3) is 2.34. The van der Waals surface area contributed by atoms with E-state index in [1.807, 2.05) is 6.92 Å². The highest BCUT2D eigenvalue weighted by Crippen LogP contribution is 2.35. The van der Waals surface area contributed by atoms with Crippen LogP contribution in [0, 0.1) is 5.92 Å². The van der Waals surface area contributed by atoms with Crippen molar-refractivity contribution in [2.45, 2.75) is 38.8 Å². The van der Waals surface area contributed by atoms with E-state index in [1.165, 1.54) is 13.3 Å². The predicted molar refractivity (Wildman–Crippen MR) is 62.1 cm³/mol. The van der Waals surface area contributed by atoms with Crippen molar-refractivity contribution < 1.29 is 14.6 Å². The van der Waals surface area contributed by atoms with Crippen LogP contribution in [0.25, 0.3) is 0 Å². The Balaban J connectivity index is 2.27. The topological polar surface area (TPSA) is 64.4 Å². The lowest BCUT2D eigenvalue weighted by atomic mass is 10.1. The Hall–Kier alpha value is -1.36. The van der Waals surface area contributed by atoms with Crippen molar-refractivity contribution in [1.29, 1.82) is 0 Å². The van der Waals surface area contributed by atoms with E-state index in [0.29, 0.717) is 18.0 Å². The molecule has 0 spiro atoms. The number of aliphatic hydroxyl groups excluding tert-OH is 1. The Bertz CT molecular complexity index is 410. The number of carbonyl (C=O) groups excluding carboxylic acids is 1. The number of nitrogens with zero attached hydrogens (tertiary/aromatic N) is 2. The first kappa shape index (κ1) is 12.1. The van der Waals surface area contributed by atoms with Crippen molar-refractivity contribution in [3.8, 4) is 5.75 Å². The summed E-state index contributed by atoms with van der Waals surface area (Å²) in [5, 5.41) is 14.0. The van der Waals surface area contributed by atoms with Crippen LogP contribution in [0.5, 0.6) is 5.75 Å². The van der Waals surface area contributed by atoms with E-state index in [0.717, 1.165) is 19.3 Å². The molecule has 5 heteroatoms. The van der Waals surface area contributed by atoms with E-state index >= 15 is 0 Å². The minimum atomic E-state index is -0.906. The van der Waals surface area contributed by atoms with Gasteiger partial charge in [-0.25, -0.2) is 0 Å². The van der Waals surface area contributed by atoms with Gasteiger partial charge in [0.2, 0.25) is 5.78 Å². The minimum Gasteiger partial charge on any atom is -0.493 e. The predicted octanol–water partition coefficient (Wildman–Crippen LogP) is 1.26. The number of aryl methyl sites for hydroxylation is 1. The quantitative estimate of drug-likeness (QED) is 0.758. The second-order valence-electron chi connectivity index (χ2n) is 4.43. The Labute approximate surface area is 100 Å². The van der Waals surface area contributed by atoms with E-state index in [2.05, 4.69) is 5.10 Å². The number of carbonyl (C=O) groups is 1. The monoisotopic (exact) mass is 238 g/mol. The number of methoxy groups -OCH3 is 1. The molecule has 1 fully saturated rings. The lowest BCUT2D eigenvalue weighted by Crippen LogP contribution is -2.26. The molecule has 1 unspecified atom stereocenters. The first-order valence-electron chi connectivity index (χ1n) is 6.01. The third-order valence-electron chi connectivity index (χ3n) is 3.03. The van der Waals surface area contributed by atoms with Gasteiger partial charge in [0.05, 0.1) is 13.3 Å². The maximum absolute atomic E-state index is 12.2. The molecule has 17 heavy (non-hydrogen) atoms. The number of aliphatic hydroxyl groups is 1. The molecule has 1 aliphatic carbocycles. The molecular weight excluding hydrogens is 220 g/mol. The van der Waals surface area contributed by atoms with Crippen molar-refractivity contribution in [2.24, 2.45) is 5.92 Å². The van der Waals surface area contributed by atoms with Crippen molar-refractivity contribution in [2.75, 3.05) is 7.11 Å². The van der Waals surface area contributed by atoms with Crippen LogP contribution in [0.15, 0.2) is 6.20 Å². The lowest BCUT2D eigenvalue weighted by molar-refractivity contribution is 0.0688. The van der Waals surface area contributed by atoms with Crippen LogP contribution in [0.4, 0.5) is 0 Å². The largest absolute Gasteiger partial charge is 0.493 e. The zero-order valence-electron chi connectivity index (χ0n) is 10.2. The van der Waals surface area contributed by atoms with E-state index < -0.39 is 6.10 Å². The first-order valence-corrected chi connectivity index (χ1v) is 6.01. The highest BCUT2D eigenvalue weighted by molar-refractivity contribution is 6.00. The molecule has 1 aliphatic rings. The van der Waals surface area contributed by atoms with Crippen LogP contribution < -0.4 is 4.74 Å². The van der Waals surface area contributed by atoms with Gasteiger partial charge in [-0.1, -0.05) is 6.92 Å². The fourth-order valence-electron chi connectivity index (χ4n) is 1.91. The van der Waals surface area contributed by atoms with Gasteiger partial charge in [-0.15, -0.1) is 0 Å². The van der Waals surface area contributed by atoms with Gasteiger partial charge < -0.3 is 9.84 Å². The van der Waals surface area contributed by atoms with Gasteiger partial charge >= 0.3 is 0 Å². The number of Topliss-reactive ketones (excluding diaryl/α,β-unsaturated/α-hetero) is 1. The fourth-order valence-corrected chi connectivity index (χ4v) is 1.91. The maximum Gasteiger partial charge on any atom is 0.213 e. The third-order valence-corrected chi connectivity index (χ3v) is 3.03. The molecule has 1 heterocycles. The summed E-state index contributed by atoms with van der Waals surface area (Å²) in [6.45, 7) is 2.67. The van der Waals surface area contributed by atoms with Gasteiger partial charge in [0.1, 0.15) is 11.8 Å². The summed E-state index contributed by atoms with van der Waals surface area (Å²) in [6.07, 6.45) is 3.36. The van der Waals surface area contributed by atoms with Gasteiger partial charge in [-0.3, -0.25) is 9.48 Å². The minimum absolute atomic E-state index is 0.122. The van der Waals surface area contributed by atoms with Crippen LogP contribution in [0.2, 0.25) is 0 Å². The van der Waals surface area contributed by atoms with Crippen molar-refractivity contribution >= 4 is 5.78 Å². The van der Waals surface area contributed by atoms with Gasteiger partial charge in [0, 0.05) is 6.54 Å². The summed E-state index contributed by atoms with van der Waals surface area (Å²) < 4.78 is 6.75. The zero-order valence-corrected chi connectivity index (χ0v) is 10.2. The normalized spacial score (nSPS) is 16.9. The molecular formula is C12H18N2O3. The molecule has 1 N–H and O–H groups in total. The lowest BCUT2D eigenvalue weighted by Gasteiger charge is -2.11. The number of rotatable bonds is 6. The summed E-state index contributed by atoms with van der Waals surface area (Å²) in [6, 6.07) is 0. The number of aromatic nitrogens is 2. The number of ether oxygens (including phenoxy) is 1. The molecule has 1 saturated carbocycles. The second kappa shape index (κ2) is 4.87. The van der Waals surface area contributed by atoms with Crippen LogP contribution in [-0.4, -0.2) is 33.9 Å². The molecule has 1 aromatic heterocycles. The van der Waals surface area contributed by atoms with Gasteiger partial charge in [0.15, 0.2) is 5.75 Å². The molecule has 94 valence electrons. The molecule has 0 aliphatic heterocycles. The number of ketones is 1. The maximum atomic E-state index is 12.2. The van der Waals surface area contributed by atoms with E-state index in [1.54, 1.807) is 4.68 Å². The summed E-state index contributed by atoms with van der Waals surface area (Å²) in [5.74, 6) is 0.302. The molecule has 0 radical (unpaired) electrons. The Morgan fingerprint density at radius 1 is 1.71 bits per heavy atom. The number of hydrogen-bond acceptors (Lipinski definition) is 4. The van der Waals surface area contributed by atoms with E-state index in [9.17, 15) is 9.90 Å². The van der Waals surface area contributed by atoms with E-state index in [-0.39, 0.29) is 11.7 Å². The Morgan fingerprint density at radius 2 is 2.41 bits per heavy atom. The van der Waals surface area contributed by atoms with Gasteiger partial charge in [-0.2, -0.15) is 5.10 Å². The SMILES string of the molecule is CCCn1ncc(OC)c1C(=O)C(O)C1CC1.